The van der Waals surface area contributed by atoms with Crippen LogP contribution in [0.2, 0.25) is 0 Å². The van der Waals surface area contributed by atoms with Crippen molar-refractivity contribution in [2.45, 2.75) is 0 Å². The predicted molar refractivity (Wildman–Crippen MR) is 212 cm³/mol. The van der Waals surface area contributed by atoms with Crippen LogP contribution in [0, 0.1) is 11.6 Å². The van der Waals surface area contributed by atoms with Crippen LogP contribution in [0.4, 0.5) is 8.78 Å². The number of nitrogens with zero attached hydrogens (tertiary/aromatic N) is 8. The van der Waals surface area contributed by atoms with Crippen molar-refractivity contribution in [3.63, 3.8) is 0 Å². The van der Waals surface area contributed by atoms with E-state index in [1.54, 1.807) is 122 Å². The number of aromatic nitrogens is 8. The van der Waals surface area contributed by atoms with E-state index in [-0.39, 0.29) is 45.0 Å². The fourth-order valence-electron chi connectivity index (χ4n) is 6.57. The van der Waals surface area contributed by atoms with Crippen molar-refractivity contribution >= 4 is 0 Å². The van der Waals surface area contributed by atoms with Crippen LogP contribution < -0.4 is 0 Å². The van der Waals surface area contributed by atoms with Crippen molar-refractivity contribution in [2.24, 2.45) is 0 Å². The van der Waals surface area contributed by atoms with E-state index in [0.717, 1.165) is 0 Å². The van der Waals surface area contributed by atoms with E-state index < -0.39 is 11.6 Å². The molecule has 0 fully saturated rings. The van der Waals surface area contributed by atoms with E-state index in [1.165, 1.54) is 0 Å². The molecular weight excluding hydrogens is 703 g/mol. The lowest BCUT2D eigenvalue weighted by molar-refractivity contribution is 0.610. The van der Waals surface area contributed by atoms with Crippen molar-refractivity contribution in [1.82, 2.24) is 39.9 Å². The average Bonchev–Trinajstić information content (AvgIpc) is 3.28. The topological polar surface area (TPSA) is 103 Å². The van der Waals surface area contributed by atoms with Gasteiger partial charge in [0.1, 0.15) is 11.6 Å². The molecule has 8 nitrogen and oxygen atoms in total. The normalized spacial score (nSPS) is 11.0. The lowest BCUT2D eigenvalue weighted by atomic mass is 9.88. The van der Waals surface area contributed by atoms with Gasteiger partial charge >= 0.3 is 0 Å². The molecule has 9 rings (SSSR count). The summed E-state index contributed by atoms with van der Waals surface area (Å²) in [5, 5.41) is 0. The zero-order valence-electron chi connectivity index (χ0n) is 29.5. The maximum atomic E-state index is 18.3. The molecule has 0 saturated heterocycles. The third-order valence-corrected chi connectivity index (χ3v) is 9.11. The molecule has 8 heterocycles. The van der Waals surface area contributed by atoms with Gasteiger partial charge in [-0.1, -0.05) is 48.5 Å². The van der Waals surface area contributed by atoms with E-state index in [9.17, 15) is 0 Å². The Morgan fingerprint density at radius 2 is 0.446 bits per heavy atom. The van der Waals surface area contributed by atoms with Crippen LogP contribution >= 0.6 is 0 Å². The molecule has 0 aliphatic heterocycles. The zero-order valence-corrected chi connectivity index (χ0v) is 29.5. The molecule has 0 spiro atoms. The first kappa shape index (κ1) is 34.1. The van der Waals surface area contributed by atoms with Gasteiger partial charge in [-0.25, -0.2) is 28.7 Å². The number of benzene rings is 1. The van der Waals surface area contributed by atoms with Gasteiger partial charge in [0.05, 0.1) is 68.3 Å². The molecule has 0 aliphatic rings. The minimum Gasteiger partial charge on any atom is -0.255 e. The van der Waals surface area contributed by atoms with Gasteiger partial charge < -0.3 is 0 Å². The van der Waals surface area contributed by atoms with Crippen LogP contribution in [-0.2, 0) is 0 Å². The van der Waals surface area contributed by atoms with Crippen LogP contribution in [-0.4, -0.2) is 39.9 Å². The maximum Gasteiger partial charge on any atom is 0.143 e. The Hall–Kier alpha value is -7.72. The van der Waals surface area contributed by atoms with Crippen molar-refractivity contribution < 1.29 is 8.78 Å². The molecule has 0 saturated carbocycles. The molecule has 10 heteroatoms. The molecule has 266 valence electrons. The summed E-state index contributed by atoms with van der Waals surface area (Å²) in [5.74, 6) is -1.52. The van der Waals surface area contributed by atoms with Gasteiger partial charge in [-0.2, -0.15) is 0 Å². The third kappa shape index (κ3) is 6.56. The smallest absolute Gasteiger partial charge is 0.143 e. The van der Waals surface area contributed by atoms with E-state index in [2.05, 4.69) is 19.9 Å². The van der Waals surface area contributed by atoms with Crippen molar-refractivity contribution in [3.8, 4) is 90.6 Å². The monoisotopic (exact) mass is 730 g/mol. The van der Waals surface area contributed by atoms with Crippen LogP contribution in [0.3, 0.4) is 0 Å². The molecule has 0 aliphatic carbocycles. The number of hydrogen-bond donors (Lipinski definition) is 0. The van der Waals surface area contributed by atoms with Gasteiger partial charge in [-0.05, 0) is 97.1 Å². The first-order valence-electron chi connectivity index (χ1n) is 17.7. The Kier molecular flexibility index (Phi) is 9.10. The number of rotatable bonds is 8. The fourth-order valence-corrected chi connectivity index (χ4v) is 6.57. The highest BCUT2D eigenvalue weighted by Crippen LogP contribution is 2.46. The summed E-state index contributed by atoms with van der Waals surface area (Å²) >= 11 is 0. The Balaban J connectivity index is 1.38. The number of pyridine rings is 8. The Morgan fingerprint density at radius 1 is 0.232 bits per heavy atom. The predicted octanol–water partition coefficient (Wildman–Crippen LogP) is 10.5. The summed E-state index contributed by atoms with van der Waals surface area (Å²) < 4.78 is 36.5. The lowest BCUT2D eigenvalue weighted by Gasteiger charge is -2.20. The van der Waals surface area contributed by atoms with Crippen LogP contribution in [0.5, 0.6) is 0 Å². The van der Waals surface area contributed by atoms with E-state index >= 15 is 8.78 Å². The molecular formula is C46H28F2N8. The second-order valence-electron chi connectivity index (χ2n) is 12.6. The Labute approximate surface area is 320 Å². The molecule has 0 atom stereocenters. The minimum absolute atomic E-state index is 0.101. The SMILES string of the molecule is Fc1c(-c2cccc(-c3ccccn3)n2)c(-c2cccc(-c3ccccn3)n2)c(F)c(-c2cccc(-c3ccccn3)n2)c1-c1cccc(-c2ccccn2)n1. The van der Waals surface area contributed by atoms with Crippen LogP contribution in [0.15, 0.2) is 170 Å². The summed E-state index contributed by atoms with van der Waals surface area (Å²) in [6, 6.07) is 42.5. The van der Waals surface area contributed by atoms with Crippen molar-refractivity contribution in [1.29, 1.82) is 0 Å². The zero-order chi connectivity index (χ0) is 37.8. The summed E-state index contributed by atoms with van der Waals surface area (Å²) in [6.45, 7) is 0. The fraction of sp³-hybridized carbons (Fsp3) is 0. The molecule has 8 aromatic heterocycles. The second kappa shape index (κ2) is 15.0. The number of hydrogen-bond acceptors (Lipinski definition) is 8. The summed E-state index contributed by atoms with van der Waals surface area (Å²) in [4.78, 5) is 37.3. The first-order chi connectivity index (χ1) is 27.6. The highest BCUT2D eigenvalue weighted by atomic mass is 19.1. The molecule has 0 amide bonds. The number of halogens is 2. The van der Waals surface area contributed by atoms with Crippen LogP contribution in [0.1, 0.15) is 0 Å². The van der Waals surface area contributed by atoms with Gasteiger partial charge in [0.15, 0.2) is 0 Å². The largest absolute Gasteiger partial charge is 0.255 e. The van der Waals surface area contributed by atoms with Crippen LogP contribution in [0.25, 0.3) is 90.6 Å². The summed E-state index contributed by atoms with van der Waals surface area (Å²) in [7, 11) is 0. The van der Waals surface area contributed by atoms with E-state index in [4.69, 9.17) is 19.9 Å². The van der Waals surface area contributed by atoms with E-state index in [0.29, 0.717) is 45.6 Å². The molecule has 1 aromatic carbocycles. The summed E-state index contributed by atoms with van der Waals surface area (Å²) in [5.41, 5.74) is 4.51. The molecule has 56 heavy (non-hydrogen) atoms. The van der Waals surface area contributed by atoms with Gasteiger partial charge in [0, 0.05) is 47.0 Å². The highest BCUT2D eigenvalue weighted by Gasteiger charge is 2.31. The van der Waals surface area contributed by atoms with E-state index in [1.807, 2.05) is 48.5 Å². The first-order valence-corrected chi connectivity index (χ1v) is 17.7. The lowest BCUT2D eigenvalue weighted by Crippen LogP contribution is -2.06. The Morgan fingerprint density at radius 3 is 0.661 bits per heavy atom. The quantitative estimate of drug-likeness (QED) is 0.152. The second-order valence-corrected chi connectivity index (χ2v) is 12.6. The summed E-state index contributed by atoms with van der Waals surface area (Å²) in [6.07, 6.45) is 6.62. The minimum atomic E-state index is -0.761. The molecule has 0 radical (unpaired) electrons. The van der Waals surface area contributed by atoms with Crippen molar-refractivity contribution in [3.05, 3.63) is 182 Å². The van der Waals surface area contributed by atoms with Gasteiger partial charge in [-0.15, -0.1) is 0 Å². The molecule has 9 aromatic rings. The maximum absolute atomic E-state index is 18.3. The molecule has 0 bridgehead atoms. The van der Waals surface area contributed by atoms with Gasteiger partial charge in [-0.3, -0.25) is 19.9 Å². The third-order valence-electron chi connectivity index (χ3n) is 9.11. The molecule has 0 unspecified atom stereocenters. The standard InChI is InChI=1S/C46H28F2N8/c47-45-41(37-21-9-17-33(53-37)29-13-1-5-25-49-29)42(38-22-10-18-34(54-38)30-14-2-6-26-50-30)46(48)44(40-24-12-20-36(56-40)32-16-4-8-28-52-32)43(45)39-23-11-19-35(55-39)31-15-3-7-27-51-31/h1-28H. The average molecular weight is 731 g/mol. The van der Waals surface area contributed by atoms with Crippen molar-refractivity contribution in [2.75, 3.05) is 0 Å². The highest BCUT2D eigenvalue weighted by molar-refractivity contribution is 5.94. The molecule has 0 N–H and O–H groups in total. The Bertz CT molecular complexity index is 2440. The van der Waals surface area contributed by atoms with Gasteiger partial charge in [0.2, 0.25) is 0 Å². The van der Waals surface area contributed by atoms with Gasteiger partial charge in [0.25, 0.3) is 0 Å².